The lowest BCUT2D eigenvalue weighted by molar-refractivity contribution is -0.142. The van der Waals surface area contributed by atoms with Gasteiger partial charge in [-0.3, -0.25) is 0 Å². The number of hydrogen-bond acceptors (Lipinski definition) is 6. The summed E-state index contributed by atoms with van der Waals surface area (Å²) < 4.78 is 35.1. The van der Waals surface area contributed by atoms with Gasteiger partial charge in [0.1, 0.15) is 18.2 Å². The number of carbonyl (C=O) groups is 1. The molecule has 7 nitrogen and oxygen atoms in total. The third-order valence-corrected chi connectivity index (χ3v) is 5.28. The van der Waals surface area contributed by atoms with Crippen LogP contribution < -0.4 is 10.1 Å². The van der Waals surface area contributed by atoms with E-state index in [4.69, 9.17) is 14.6 Å². The van der Waals surface area contributed by atoms with Gasteiger partial charge in [-0.25, -0.2) is 13.2 Å². The highest BCUT2D eigenvalue weighted by Crippen LogP contribution is 2.30. The Kier molecular flexibility index (Phi) is 6.99. The van der Waals surface area contributed by atoms with Crippen LogP contribution in [0.25, 0.3) is 0 Å². The summed E-state index contributed by atoms with van der Waals surface area (Å²) in [5.41, 5.74) is 2.10. The maximum atomic E-state index is 12.5. The van der Waals surface area contributed by atoms with Gasteiger partial charge in [0, 0.05) is 6.54 Å². The maximum absolute atomic E-state index is 12.5. The Bertz CT molecular complexity index is 669. The lowest BCUT2D eigenvalue weighted by Crippen LogP contribution is -2.28. The molecule has 0 aliphatic carbocycles. The van der Waals surface area contributed by atoms with Crippen molar-refractivity contribution in [1.82, 2.24) is 5.32 Å². The largest absolute Gasteiger partial charge is 0.496 e. The molecule has 8 heteroatoms. The van der Waals surface area contributed by atoms with Gasteiger partial charge in [-0.15, -0.1) is 0 Å². The van der Waals surface area contributed by atoms with E-state index >= 15 is 0 Å². The number of benzene rings is 1. The molecule has 0 heterocycles. The maximum Gasteiger partial charge on any atom is 0.329 e. The zero-order chi connectivity index (χ0) is 17.6. The third kappa shape index (κ3) is 5.19. The van der Waals surface area contributed by atoms with Gasteiger partial charge in [-0.2, -0.15) is 0 Å². The van der Waals surface area contributed by atoms with E-state index in [0.717, 1.165) is 5.56 Å². The second-order valence-corrected chi connectivity index (χ2v) is 7.11. The van der Waals surface area contributed by atoms with E-state index in [-0.39, 0.29) is 19.0 Å². The van der Waals surface area contributed by atoms with Crippen molar-refractivity contribution in [3.63, 3.8) is 0 Å². The number of hydrogen-bond donors (Lipinski definition) is 2. The molecule has 0 radical (unpaired) electrons. The molecule has 130 valence electrons. The van der Waals surface area contributed by atoms with Crippen LogP contribution in [0.1, 0.15) is 16.7 Å². The van der Waals surface area contributed by atoms with Crippen molar-refractivity contribution in [2.75, 3.05) is 32.7 Å². The van der Waals surface area contributed by atoms with Crippen molar-refractivity contribution in [2.45, 2.75) is 25.7 Å². The first-order valence-electron chi connectivity index (χ1n) is 7.08. The number of carboxylic acids is 1. The molecule has 23 heavy (non-hydrogen) atoms. The van der Waals surface area contributed by atoms with Crippen LogP contribution in [-0.4, -0.2) is 52.2 Å². The predicted octanol–water partition coefficient (Wildman–Crippen LogP) is 1.04. The van der Waals surface area contributed by atoms with Crippen LogP contribution in [0.5, 0.6) is 5.75 Å². The normalized spacial score (nSPS) is 11.5. The molecule has 2 N–H and O–H groups in total. The van der Waals surface area contributed by atoms with E-state index in [2.05, 4.69) is 5.32 Å². The Labute approximate surface area is 136 Å². The van der Waals surface area contributed by atoms with Crippen LogP contribution in [0.2, 0.25) is 0 Å². The minimum atomic E-state index is -3.51. The van der Waals surface area contributed by atoms with Gasteiger partial charge in [0.25, 0.3) is 0 Å². The average Bonchev–Trinajstić information content (AvgIpc) is 2.46. The standard InChI is InChI=1S/C15H23NO6S/c1-10-7-13(21-4)11(2)12(3)15(10)23(19,20)9-16-5-6-22-8-14(17)18/h7,16H,5-6,8-9H2,1-4H3,(H,17,18). The fourth-order valence-electron chi connectivity index (χ4n) is 2.29. The molecule has 1 rings (SSSR count). The van der Waals surface area contributed by atoms with Crippen molar-refractivity contribution in [1.29, 1.82) is 0 Å². The van der Waals surface area contributed by atoms with Crippen LogP contribution in [0.3, 0.4) is 0 Å². The van der Waals surface area contributed by atoms with E-state index < -0.39 is 22.4 Å². The van der Waals surface area contributed by atoms with Gasteiger partial charge in [-0.05, 0) is 43.5 Å². The van der Waals surface area contributed by atoms with E-state index in [0.29, 0.717) is 21.8 Å². The van der Waals surface area contributed by atoms with Gasteiger partial charge in [0.05, 0.1) is 18.6 Å². The second kappa shape index (κ2) is 8.28. The zero-order valence-electron chi connectivity index (χ0n) is 13.8. The van der Waals surface area contributed by atoms with E-state index in [1.807, 2.05) is 6.92 Å². The van der Waals surface area contributed by atoms with Crippen molar-refractivity contribution < 1.29 is 27.8 Å². The molecular weight excluding hydrogens is 322 g/mol. The van der Waals surface area contributed by atoms with E-state index in [1.54, 1.807) is 27.0 Å². The van der Waals surface area contributed by atoms with E-state index in [1.165, 1.54) is 0 Å². The highest BCUT2D eigenvalue weighted by molar-refractivity contribution is 7.91. The Morgan fingerprint density at radius 2 is 1.91 bits per heavy atom. The predicted molar refractivity (Wildman–Crippen MR) is 85.7 cm³/mol. The van der Waals surface area contributed by atoms with Crippen molar-refractivity contribution >= 4 is 15.8 Å². The molecule has 0 fully saturated rings. The van der Waals surface area contributed by atoms with Gasteiger partial charge in [0.2, 0.25) is 0 Å². The smallest absolute Gasteiger partial charge is 0.329 e. The number of rotatable bonds is 9. The molecule has 0 unspecified atom stereocenters. The Morgan fingerprint density at radius 1 is 1.26 bits per heavy atom. The zero-order valence-corrected chi connectivity index (χ0v) is 14.6. The first kappa shape index (κ1) is 19.4. The first-order chi connectivity index (χ1) is 10.7. The van der Waals surface area contributed by atoms with Gasteiger partial charge < -0.3 is 19.9 Å². The number of aryl methyl sites for hydroxylation is 1. The molecule has 1 aromatic carbocycles. The number of ether oxygens (including phenoxy) is 2. The first-order valence-corrected chi connectivity index (χ1v) is 8.73. The third-order valence-electron chi connectivity index (χ3n) is 3.45. The summed E-state index contributed by atoms with van der Waals surface area (Å²) in [6.45, 7) is 5.29. The molecule has 0 spiro atoms. The van der Waals surface area contributed by atoms with Gasteiger partial charge in [0.15, 0.2) is 9.84 Å². The van der Waals surface area contributed by atoms with Gasteiger partial charge in [-0.1, -0.05) is 0 Å². The van der Waals surface area contributed by atoms with Crippen LogP contribution in [0.15, 0.2) is 11.0 Å². The quantitative estimate of drug-likeness (QED) is 0.645. The molecule has 0 saturated heterocycles. The monoisotopic (exact) mass is 345 g/mol. The van der Waals surface area contributed by atoms with Crippen LogP contribution in [-0.2, 0) is 19.4 Å². The number of nitrogens with one attached hydrogen (secondary N) is 1. The molecule has 0 amide bonds. The van der Waals surface area contributed by atoms with Crippen LogP contribution in [0.4, 0.5) is 0 Å². The summed E-state index contributed by atoms with van der Waals surface area (Å²) >= 11 is 0. The summed E-state index contributed by atoms with van der Waals surface area (Å²) in [6.07, 6.45) is 0. The lowest BCUT2D eigenvalue weighted by Gasteiger charge is -2.16. The van der Waals surface area contributed by atoms with Crippen LogP contribution in [0, 0.1) is 20.8 Å². The fraction of sp³-hybridized carbons (Fsp3) is 0.533. The summed E-state index contributed by atoms with van der Waals surface area (Å²) in [5.74, 6) is -0.636. The molecule has 0 bridgehead atoms. The molecule has 0 aromatic heterocycles. The number of aliphatic carboxylic acids is 1. The summed E-state index contributed by atoms with van der Waals surface area (Å²) in [7, 11) is -1.96. The minimum Gasteiger partial charge on any atom is -0.496 e. The van der Waals surface area contributed by atoms with Crippen molar-refractivity contribution in [3.8, 4) is 5.75 Å². The molecule has 0 saturated carbocycles. The Morgan fingerprint density at radius 3 is 2.48 bits per heavy atom. The lowest BCUT2D eigenvalue weighted by atomic mass is 10.1. The van der Waals surface area contributed by atoms with Crippen LogP contribution >= 0.6 is 0 Å². The minimum absolute atomic E-state index is 0.126. The number of carboxylic acid groups (broad SMARTS) is 1. The second-order valence-electron chi connectivity index (χ2n) is 5.18. The summed E-state index contributed by atoms with van der Waals surface area (Å²) in [6, 6.07) is 1.71. The highest BCUT2D eigenvalue weighted by Gasteiger charge is 2.22. The molecule has 0 aliphatic heterocycles. The van der Waals surface area contributed by atoms with Crippen molar-refractivity contribution in [2.24, 2.45) is 0 Å². The molecular formula is C15H23NO6S. The average molecular weight is 345 g/mol. The SMILES string of the molecule is COc1cc(C)c(S(=O)(=O)CNCCOCC(=O)O)c(C)c1C. The summed E-state index contributed by atoms with van der Waals surface area (Å²) in [5, 5.41) is 11.2. The van der Waals surface area contributed by atoms with Crippen molar-refractivity contribution in [3.05, 3.63) is 22.8 Å². The van der Waals surface area contributed by atoms with Gasteiger partial charge >= 0.3 is 5.97 Å². The topological polar surface area (TPSA) is 102 Å². The molecule has 1 aromatic rings. The Balaban J connectivity index is 2.77. The number of methoxy groups -OCH3 is 1. The van der Waals surface area contributed by atoms with E-state index in [9.17, 15) is 13.2 Å². The highest BCUT2D eigenvalue weighted by atomic mass is 32.2. The number of sulfone groups is 1. The molecule has 0 aliphatic rings. The Hall–Kier alpha value is -1.64. The molecule has 0 atom stereocenters. The summed E-state index contributed by atoms with van der Waals surface area (Å²) in [4.78, 5) is 10.6. The fourth-order valence-corrected chi connectivity index (χ4v) is 4.02.